The maximum atomic E-state index is 11.8. The molecule has 1 aliphatic rings. The standard InChI is InChI=1S/C10H12N2O3/c1-2-12-5-3-4-7(9(12)13)8-6-15-10(14)11-8/h3-5,8H,2,6H2,1H3,(H,11,14)/t8-/m1/s1. The topological polar surface area (TPSA) is 60.3 Å². The van der Waals surface area contributed by atoms with E-state index in [1.165, 1.54) is 0 Å². The molecule has 5 nitrogen and oxygen atoms in total. The smallest absolute Gasteiger partial charge is 0.407 e. The third-order valence-corrected chi connectivity index (χ3v) is 2.44. The summed E-state index contributed by atoms with van der Waals surface area (Å²) in [6.45, 7) is 2.74. The zero-order valence-corrected chi connectivity index (χ0v) is 8.40. The third kappa shape index (κ3) is 1.72. The van der Waals surface area contributed by atoms with Crippen LogP contribution in [-0.4, -0.2) is 17.3 Å². The van der Waals surface area contributed by atoms with E-state index in [0.29, 0.717) is 12.1 Å². The highest BCUT2D eigenvalue weighted by atomic mass is 16.6. The van der Waals surface area contributed by atoms with Crippen LogP contribution >= 0.6 is 0 Å². The summed E-state index contributed by atoms with van der Waals surface area (Å²) in [4.78, 5) is 22.7. The Morgan fingerprint density at radius 2 is 2.40 bits per heavy atom. The van der Waals surface area contributed by atoms with E-state index in [0.717, 1.165) is 0 Å². The first-order valence-electron chi connectivity index (χ1n) is 4.85. The molecule has 5 heteroatoms. The average molecular weight is 208 g/mol. The maximum Gasteiger partial charge on any atom is 0.407 e. The van der Waals surface area contributed by atoms with E-state index in [2.05, 4.69) is 5.32 Å². The van der Waals surface area contributed by atoms with Crippen molar-refractivity contribution in [3.8, 4) is 0 Å². The molecule has 1 aromatic heterocycles. The van der Waals surface area contributed by atoms with Gasteiger partial charge in [0.1, 0.15) is 6.61 Å². The molecule has 0 unspecified atom stereocenters. The van der Waals surface area contributed by atoms with E-state index in [1.54, 1.807) is 22.9 Å². The highest BCUT2D eigenvalue weighted by Gasteiger charge is 2.25. The fourth-order valence-electron chi connectivity index (χ4n) is 1.62. The van der Waals surface area contributed by atoms with Crippen molar-refractivity contribution >= 4 is 6.09 Å². The number of alkyl carbamates (subject to hydrolysis) is 1. The number of aromatic nitrogens is 1. The molecule has 1 aliphatic heterocycles. The molecule has 0 saturated carbocycles. The lowest BCUT2D eigenvalue weighted by Crippen LogP contribution is -2.29. The number of aryl methyl sites for hydroxylation is 1. The lowest BCUT2D eigenvalue weighted by atomic mass is 10.1. The number of hydrogen-bond donors (Lipinski definition) is 1. The number of cyclic esters (lactones) is 1. The van der Waals surface area contributed by atoms with Gasteiger partial charge in [-0.1, -0.05) is 0 Å². The first-order valence-corrected chi connectivity index (χ1v) is 4.85. The van der Waals surface area contributed by atoms with Crippen LogP contribution in [0.3, 0.4) is 0 Å². The van der Waals surface area contributed by atoms with Crippen molar-refractivity contribution in [2.75, 3.05) is 6.61 Å². The van der Waals surface area contributed by atoms with Crippen molar-refractivity contribution in [3.05, 3.63) is 34.2 Å². The minimum absolute atomic E-state index is 0.0733. The summed E-state index contributed by atoms with van der Waals surface area (Å²) >= 11 is 0. The monoisotopic (exact) mass is 208 g/mol. The molecule has 2 heterocycles. The van der Waals surface area contributed by atoms with Crippen molar-refractivity contribution in [1.29, 1.82) is 0 Å². The van der Waals surface area contributed by atoms with Gasteiger partial charge in [-0.3, -0.25) is 4.79 Å². The lowest BCUT2D eigenvalue weighted by molar-refractivity contribution is 0.177. The van der Waals surface area contributed by atoms with Crippen molar-refractivity contribution in [2.45, 2.75) is 19.5 Å². The summed E-state index contributed by atoms with van der Waals surface area (Å²) < 4.78 is 6.35. The molecule has 0 radical (unpaired) electrons. The van der Waals surface area contributed by atoms with E-state index in [4.69, 9.17) is 4.74 Å². The minimum atomic E-state index is -0.466. The molecule has 1 aromatic rings. The van der Waals surface area contributed by atoms with E-state index in [9.17, 15) is 9.59 Å². The zero-order chi connectivity index (χ0) is 10.8. The Labute approximate surface area is 86.7 Å². The fourth-order valence-corrected chi connectivity index (χ4v) is 1.62. The summed E-state index contributed by atoms with van der Waals surface area (Å²) in [6, 6.07) is 3.20. The van der Waals surface area contributed by atoms with Crippen LogP contribution in [0.5, 0.6) is 0 Å². The zero-order valence-electron chi connectivity index (χ0n) is 8.40. The van der Waals surface area contributed by atoms with E-state index in [1.807, 2.05) is 6.92 Å². The molecule has 1 saturated heterocycles. The molecular formula is C10H12N2O3. The summed E-state index contributed by atoms with van der Waals surface area (Å²) in [7, 11) is 0. The minimum Gasteiger partial charge on any atom is -0.447 e. The predicted octanol–water partition coefficient (Wildman–Crippen LogP) is 0.649. The van der Waals surface area contributed by atoms with Crippen LogP contribution in [0, 0.1) is 0 Å². The van der Waals surface area contributed by atoms with Gasteiger partial charge < -0.3 is 14.6 Å². The molecule has 80 valence electrons. The molecule has 1 N–H and O–H groups in total. The van der Waals surface area contributed by atoms with Gasteiger partial charge in [-0.25, -0.2) is 4.79 Å². The summed E-state index contributed by atoms with van der Waals surface area (Å²) in [5, 5.41) is 2.59. The fraction of sp³-hybridized carbons (Fsp3) is 0.400. The van der Waals surface area contributed by atoms with Crippen LogP contribution in [0.4, 0.5) is 4.79 Å². The molecule has 0 aliphatic carbocycles. The van der Waals surface area contributed by atoms with E-state index >= 15 is 0 Å². The molecular weight excluding hydrogens is 196 g/mol. The molecule has 2 rings (SSSR count). The molecule has 1 fully saturated rings. The Kier molecular flexibility index (Phi) is 2.45. The van der Waals surface area contributed by atoms with Crippen LogP contribution < -0.4 is 10.9 Å². The van der Waals surface area contributed by atoms with Crippen LogP contribution in [0.2, 0.25) is 0 Å². The maximum absolute atomic E-state index is 11.8. The van der Waals surface area contributed by atoms with Gasteiger partial charge in [0.2, 0.25) is 0 Å². The molecule has 1 amide bonds. The Bertz CT molecular complexity index is 439. The van der Waals surface area contributed by atoms with Gasteiger partial charge in [-0.05, 0) is 19.1 Å². The quantitative estimate of drug-likeness (QED) is 0.776. The van der Waals surface area contributed by atoms with Gasteiger partial charge in [0, 0.05) is 18.3 Å². The first-order chi connectivity index (χ1) is 7.22. The average Bonchev–Trinajstić information content (AvgIpc) is 2.65. The van der Waals surface area contributed by atoms with Gasteiger partial charge >= 0.3 is 6.09 Å². The Morgan fingerprint density at radius 3 is 3.00 bits per heavy atom. The number of nitrogens with zero attached hydrogens (tertiary/aromatic N) is 1. The Hall–Kier alpha value is -1.78. The molecule has 1 atom stereocenters. The van der Waals surface area contributed by atoms with Crippen LogP contribution in [0.25, 0.3) is 0 Å². The normalized spacial score (nSPS) is 19.8. The number of carbonyl (C=O) groups is 1. The van der Waals surface area contributed by atoms with Gasteiger partial charge in [0.25, 0.3) is 5.56 Å². The number of nitrogens with one attached hydrogen (secondary N) is 1. The molecule has 0 spiro atoms. The Balaban J connectivity index is 2.36. The largest absolute Gasteiger partial charge is 0.447 e. The molecule has 0 aromatic carbocycles. The van der Waals surface area contributed by atoms with Gasteiger partial charge in [-0.2, -0.15) is 0 Å². The summed E-state index contributed by atoms with van der Waals surface area (Å²) in [6.07, 6.45) is 1.26. The number of amides is 1. The summed E-state index contributed by atoms with van der Waals surface area (Å²) in [5.41, 5.74) is 0.501. The second-order valence-corrected chi connectivity index (χ2v) is 3.35. The number of rotatable bonds is 2. The second kappa shape index (κ2) is 3.76. The van der Waals surface area contributed by atoms with Crippen molar-refractivity contribution < 1.29 is 9.53 Å². The summed E-state index contributed by atoms with van der Waals surface area (Å²) in [5.74, 6) is 0. The second-order valence-electron chi connectivity index (χ2n) is 3.35. The van der Waals surface area contributed by atoms with Gasteiger partial charge in [-0.15, -0.1) is 0 Å². The number of carbonyl (C=O) groups excluding carboxylic acids is 1. The molecule has 15 heavy (non-hydrogen) atoms. The third-order valence-electron chi connectivity index (χ3n) is 2.44. The van der Waals surface area contributed by atoms with E-state index in [-0.39, 0.29) is 18.2 Å². The van der Waals surface area contributed by atoms with E-state index < -0.39 is 6.09 Å². The van der Waals surface area contributed by atoms with Crippen molar-refractivity contribution in [2.24, 2.45) is 0 Å². The van der Waals surface area contributed by atoms with Crippen LogP contribution in [0.1, 0.15) is 18.5 Å². The molecule has 0 bridgehead atoms. The van der Waals surface area contributed by atoms with Crippen LogP contribution in [0.15, 0.2) is 23.1 Å². The number of hydrogen-bond acceptors (Lipinski definition) is 3. The van der Waals surface area contributed by atoms with Crippen molar-refractivity contribution in [3.63, 3.8) is 0 Å². The SMILES string of the molecule is CCn1cccc([C@H]2COC(=O)N2)c1=O. The highest BCUT2D eigenvalue weighted by molar-refractivity contribution is 5.70. The highest BCUT2D eigenvalue weighted by Crippen LogP contribution is 2.13. The van der Waals surface area contributed by atoms with Crippen molar-refractivity contribution in [1.82, 2.24) is 9.88 Å². The van der Waals surface area contributed by atoms with Gasteiger partial charge in [0.05, 0.1) is 6.04 Å². The number of pyridine rings is 1. The Morgan fingerprint density at radius 1 is 1.60 bits per heavy atom. The lowest BCUT2D eigenvalue weighted by Gasteiger charge is -2.09. The first kappa shape index (κ1) is 9.76. The number of ether oxygens (including phenoxy) is 1. The predicted molar refractivity (Wildman–Crippen MR) is 53.6 cm³/mol. The van der Waals surface area contributed by atoms with Gasteiger partial charge in [0.15, 0.2) is 0 Å². The van der Waals surface area contributed by atoms with Crippen LogP contribution in [-0.2, 0) is 11.3 Å².